The van der Waals surface area contributed by atoms with Crippen molar-refractivity contribution in [3.8, 4) is 5.75 Å². The lowest BCUT2D eigenvalue weighted by molar-refractivity contribution is 0.431. The minimum atomic E-state index is -4.36. The topological polar surface area (TPSA) is 80.7 Å². The van der Waals surface area contributed by atoms with E-state index in [2.05, 4.69) is 4.74 Å². The summed E-state index contributed by atoms with van der Waals surface area (Å²) >= 11 is 0. The Morgan fingerprint density at radius 2 is 1.92 bits per heavy atom. The number of ether oxygens (including phenoxy) is 1. The van der Waals surface area contributed by atoms with E-state index < -0.39 is 15.0 Å². The summed E-state index contributed by atoms with van der Waals surface area (Å²) in [6.45, 7) is 1.07. The van der Waals surface area contributed by atoms with Gasteiger partial charge in [-0.1, -0.05) is 12.1 Å². The van der Waals surface area contributed by atoms with E-state index in [0.717, 1.165) is 12.5 Å². The monoisotopic (exact) mass is 201 g/mol. The summed E-state index contributed by atoms with van der Waals surface area (Å²) < 4.78 is 34.2. The third-order valence-electron chi connectivity index (χ3n) is 1.28. The van der Waals surface area contributed by atoms with Crippen LogP contribution in [0, 0.1) is 0 Å². The molecule has 0 aliphatic rings. The van der Waals surface area contributed by atoms with Gasteiger partial charge in [0, 0.05) is 0 Å². The van der Waals surface area contributed by atoms with E-state index >= 15 is 0 Å². The lowest BCUT2D eigenvalue weighted by atomic mass is 10.3. The molecule has 0 unspecified atom stereocenters. The molecule has 1 N–H and O–H groups in total. The van der Waals surface area contributed by atoms with Gasteiger partial charge in [0.05, 0.1) is 0 Å². The van der Waals surface area contributed by atoms with Gasteiger partial charge in [-0.05, 0) is 12.1 Å². The van der Waals surface area contributed by atoms with Crippen LogP contribution in [0.15, 0.2) is 29.2 Å². The van der Waals surface area contributed by atoms with Crippen LogP contribution < -0.4 is 4.74 Å². The molecule has 0 fully saturated rings. The molecule has 1 aromatic rings. The van der Waals surface area contributed by atoms with E-state index in [9.17, 15) is 13.2 Å². The number of rotatable bonds is 3. The van der Waals surface area contributed by atoms with Crippen LogP contribution in [-0.4, -0.2) is 19.4 Å². The van der Waals surface area contributed by atoms with Gasteiger partial charge < -0.3 is 4.74 Å². The fourth-order valence-electron chi connectivity index (χ4n) is 0.792. The number of benzene rings is 1. The van der Waals surface area contributed by atoms with Crippen molar-refractivity contribution in [1.29, 1.82) is 0 Å². The lowest BCUT2D eigenvalue weighted by Gasteiger charge is -2.01. The standard InChI is InChI=1S/C7H5O5S/c8-5-12-6-3-1-2-4-7(6)13(9,10)11/h1-4H,(H,9,10,11). The fraction of sp³-hybridized carbons (Fsp3) is 0. The molecule has 1 aromatic carbocycles. The van der Waals surface area contributed by atoms with E-state index in [4.69, 9.17) is 4.55 Å². The second-order valence-corrected chi connectivity index (χ2v) is 3.50. The van der Waals surface area contributed by atoms with Crippen LogP contribution in [0.1, 0.15) is 0 Å². The summed E-state index contributed by atoms with van der Waals surface area (Å²) in [5, 5.41) is 0. The van der Waals surface area contributed by atoms with Gasteiger partial charge in [-0.15, -0.1) is 0 Å². The Morgan fingerprint density at radius 3 is 2.46 bits per heavy atom. The first-order chi connectivity index (χ1) is 6.05. The summed E-state index contributed by atoms with van der Waals surface area (Å²) in [6, 6.07) is 5.19. The van der Waals surface area contributed by atoms with Crippen LogP contribution in [0.2, 0.25) is 0 Å². The summed E-state index contributed by atoms with van der Waals surface area (Å²) in [4.78, 5) is 9.37. The van der Waals surface area contributed by atoms with Crippen LogP contribution >= 0.6 is 0 Å². The Morgan fingerprint density at radius 1 is 1.31 bits per heavy atom. The third kappa shape index (κ3) is 2.27. The first-order valence-electron chi connectivity index (χ1n) is 3.16. The summed E-state index contributed by atoms with van der Waals surface area (Å²) in [6.07, 6.45) is 0. The maximum atomic E-state index is 10.7. The molecule has 0 aliphatic heterocycles. The van der Waals surface area contributed by atoms with Gasteiger partial charge >= 0.3 is 6.47 Å². The summed E-state index contributed by atoms with van der Waals surface area (Å²) in [5.41, 5.74) is 0. The normalized spacial score (nSPS) is 10.8. The highest BCUT2D eigenvalue weighted by molar-refractivity contribution is 7.86. The minimum Gasteiger partial charge on any atom is -0.417 e. The smallest absolute Gasteiger partial charge is 0.417 e. The van der Waals surface area contributed by atoms with Crippen LogP contribution in [-0.2, 0) is 14.9 Å². The molecule has 1 radical (unpaired) electrons. The van der Waals surface area contributed by atoms with E-state index in [1.165, 1.54) is 18.2 Å². The molecular formula is C7H5O5S. The molecule has 0 saturated heterocycles. The van der Waals surface area contributed by atoms with Crippen molar-refractivity contribution in [3.05, 3.63) is 24.3 Å². The van der Waals surface area contributed by atoms with Crippen molar-refractivity contribution in [2.24, 2.45) is 0 Å². The molecule has 6 heteroatoms. The molecule has 0 atom stereocenters. The van der Waals surface area contributed by atoms with Crippen molar-refractivity contribution < 1.29 is 22.5 Å². The second kappa shape index (κ2) is 3.55. The molecule has 0 heterocycles. The van der Waals surface area contributed by atoms with E-state index in [0.29, 0.717) is 0 Å². The number of hydrogen-bond donors (Lipinski definition) is 1. The van der Waals surface area contributed by atoms with Crippen molar-refractivity contribution in [3.63, 3.8) is 0 Å². The number of hydrogen-bond acceptors (Lipinski definition) is 4. The van der Waals surface area contributed by atoms with Gasteiger partial charge in [-0.25, -0.2) is 4.79 Å². The highest BCUT2D eigenvalue weighted by Crippen LogP contribution is 2.21. The average Bonchev–Trinajstić information content (AvgIpc) is 2.04. The Kier molecular flexibility index (Phi) is 2.64. The van der Waals surface area contributed by atoms with E-state index in [-0.39, 0.29) is 5.75 Å². The Balaban J connectivity index is 3.28. The van der Waals surface area contributed by atoms with Gasteiger partial charge in [0.2, 0.25) is 0 Å². The van der Waals surface area contributed by atoms with Crippen molar-refractivity contribution >= 4 is 16.6 Å². The Labute approximate surface area is 74.7 Å². The predicted octanol–water partition coefficient (Wildman–Crippen LogP) is 0.379. The zero-order chi connectivity index (χ0) is 9.90. The highest BCUT2D eigenvalue weighted by atomic mass is 32.2. The molecule has 1 rings (SSSR count). The second-order valence-electron chi connectivity index (χ2n) is 2.11. The largest absolute Gasteiger partial charge is 0.423 e. The van der Waals surface area contributed by atoms with E-state index in [1.807, 2.05) is 0 Å². The summed E-state index contributed by atoms with van der Waals surface area (Å²) in [7, 11) is -4.36. The van der Waals surface area contributed by atoms with Gasteiger partial charge in [0.25, 0.3) is 10.1 Å². The predicted molar refractivity (Wildman–Crippen MR) is 42.6 cm³/mol. The average molecular weight is 201 g/mol. The van der Waals surface area contributed by atoms with Gasteiger partial charge in [0.1, 0.15) is 4.90 Å². The lowest BCUT2D eigenvalue weighted by Crippen LogP contribution is -2.01. The third-order valence-corrected chi connectivity index (χ3v) is 2.17. The number of para-hydroxylation sites is 1. The molecule has 0 aromatic heterocycles. The van der Waals surface area contributed by atoms with Crippen molar-refractivity contribution in [2.45, 2.75) is 4.90 Å². The Bertz CT molecular complexity index is 409. The molecule has 0 aliphatic carbocycles. The van der Waals surface area contributed by atoms with Crippen LogP contribution in [0.5, 0.6) is 5.75 Å². The molecule has 13 heavy (non-hydrogen) atoms. The zero-order valence-electron chi connectivity index (χ0n) is 6.30. The van der Waals surface area contributed by atoms with Gasteiger partial charge in [-0.2, -0.15) is 8.42 Å². The van der Waals surface area contributed by atoms with Crippen LogP contribution in [0.25, 0.3) is 0 Å². The van der Waals surface area contributed by atoms with Gasteiger partial charge in [0.15, 0.2) is 5.75 Å². The van der Waals surface area contributed by atoms with Crippen LogP contribution in [0.3, 0.4) is 0 Å². The molecule has 5 nitrogen and oxygen atoms in total. The molecular weight excluding hydrogens is 196 g/mol. The SMILES string of the molecule is O=[C]Oc1ccccc1S(=O)(=O)O. The zero-order valence-corrected chi connectivity index (χ0v) is 7.11. The molecule has 69 valence electrons. The fourth-order valence-corrected chi connectivity index (χ4v) is 1.41. The minimum absolute atomic E-state index is 0.250. The first kappa shape index (κ1) is 9.69. The van der Waals surface area contributed by atoms with Crippen molar-refractivity contribution in [1.82, 2.24) is 0 Å². The van der Waals surface area contributed by atoms with E-state index in [1.54, 1.807) is 0 Å². The molecule has 0 saturated carbocycles. The Hall–Kier alpha value is -1.40. The molecule has 0 spiro atoms. The maximum Gasteiger partial charge on any atom is 0.423 e. The molecule has 0 amide bonds. The van der Waals surface area contributed by atoms with Gasteiger partial charge in [-0.3, -0.25) is 4.55 Å². The highest BCUT2D eigenvalue weighted by Gasteiger charge is 2.15. The maximum absolute atomic E-state index is 10.7. The summed E-state index contributed by atoms with van der Waals surface area (Å²) in [5.74, 6) is -0.250. The van der Waals surface area contributed by atoms with Crippen molar-refractivity contribution in [2.75, 3.05) is 0 Å². The van der Waals surface area contributed by atoms with Crippen LogP contribution in [0.4, 0.5) is 0 Å². The molecule has 0 bridgehead atoms. The quantitative estimate of drug-likeness (QED) is 0.715. The number of carbonyl (C=O) groups excluding carboxylic acids is 1. The first-order valence-corrected chi connectivity index (χ1v) is 4.60.